The van der Waals surface area contributed by atoms with Gasteiger partial charge in [0.05, 0.1) is 5.69 Å². The molecule has 5 heteroatoms. The van der Waals surface area contributed by atoms with Crippen LogP contribution in [0, 0.1) is 22.7 Å². The molecule has 68 valence electrons. The van der Waals surface area contributed by atoms with E-state index in [1.807, 2.05) is 6.07 Å². The lowest BCUT2D eigenvalue weighted by molar-refractivity contribution is 0.949. The smallest absolute Gasteiger partial charge is 0.195 e. The maximum Gasteiger partial charge on any atom is 0.242 e. The molecule has 0 aromatic heterocycles. The van der Waals surface area contributed by atoms with E-state index in [4.69, 9.17) is 10.5 Å². The highest BCUT2D eigenvalue weighted by Gasteiger charge is 2.00. The largest absolute Gasteiger partial charge is 0.242 e. The van der Waals surface area contributed by atoms with Gasteiger partial charge in [-0.2, -0.15) is 20.8 Å². The molecule has 0 aliphatic rings. The Balaban J connectivity index is 2.80. The summed E-state index contributed by atoms with van der Waals surface area (Å²) in [5, 5.41) is 24.2. The minimum atomic E-state index is -1.03. The third kappa shape index (κ3) is 2.96. The van der Waals surface area contributed by atoms with E-state index in [9.17, 15) is 0 Å². The molecule has 1 aromatic rings. The molecule has 0 saturated carbocycles. The van der Waals surface area contributed by atoms with Gasteiger partial charge in [0, 0.05) is 4.47 Å². The van der Waals surface area contributed by atoms with Gasteiger partial charge in [-0.25, -0.2) is 0 Å². The number of benzene rings is 1. The quantitative estimate of drug-likeness (QED) is 0.755. The van der Waals surface area contributed by atoms with Gasteiger partial charge in [0.25, 0.3) is 0 Å². The molecule has 0 aliphatic carbocycles. The van der Waals surface area contributed by atoms with E-state index in [2.05, 4.69) is 26.2 Å². The van der Waals surface area contributed by atoms with Crippen molar-refractivity contribution in [1.29, 1.82) is 10.5 Å². The molecular weight excluding hydrogens is 244 g/mol. The highest BCUT2D eigenvalue weighted by molar-refractivity contribution is 9.10. The van der Waals surface area contributed by atoms with Crippen LogP contribution in [-0.4, -0.2) is 6.04 Å². The molecule has 1 aromatic carbocycles. The van der Waals surface area contributed by atoms with Crippen molar-refractivity contribution in [3.8, 4) is 12.1 Å². The van der Waals surface area contributed by atoms with Gasteiger partial charge >= 0.3 is 0 Å². The first kappa shape index (κ1) is 10.4. The first-order valence-electron chi connectivity index (χ1n) is 3.72. The van der Waals surface area contributed by atoms with E-state index in [0.29, 0.717) is 5.69 Å². The van der Waals surface area contributed by atoms with Crippen LogP contribution in [-0.2, 0) is 0 Å². The predicted molar refractivity (Wildman–Crippen MR) is 53.7 cm³/mol. The summed E-state index contributed by atoms with van der Waals surface area (Å²) in [7, 11) is 0. The van der Waals surface area contributed by atoms with Gasteiger partial charge in [0.15, 0.2) is 0 Å². The van der Waals surface area contributed by atoms with Gasteiger partial charge < -0.3 is 0 Å². The van der Waals surface area contributed by atoms with Crippen LogP contribution in [0.2, 0.25) is 0 Å². The van der Waals surface area contributed by atoms with E-state index in [-0.39, 0.29) is 0 Å². The summed E-state index contributed by atoms with van der Waals surface area (Å²) in [6.45, 7) is 0. The molecule has 0 fully saturated rings. The van der Waals surface area contributed by atoms with Crippen molar-refractivity contribution in [2.24, 2.45) is 10.2 Å². The summed E-state index contributed by atoms with van der Waals surface area (Å²) >= 11 is 3.27. The molecule has 0 unspecified atom stereocenters. The van der Waals surface area contributed by atoms with E-state index in [1.165, 1.54) is 0 Å². The predicted octanol–water partition coefficient (Wildman–Crippen LogP) is 2.95. The third-order valence-corrected chi connectivity index (χ3v) is 1.83. The Hall–Kier alpha value is -1.72. The first-order valence-corrected chi connectivity index (χ1v) is 4.51. The van der Waals surface area contributed by atoms with Crippen molar-refractivity contribution in [2.45, 2.75) is 6.04 Å². The van der Waals surface area contributed by atoms with Crippen LogP contribution in [0.4, 0.5) is 5.69 Å². The normalized spacial score (nSPS) is 10.0. The second-order valence-electron chi connectivity index (χ2n) is 2.36. The molecule has 0 radical (unpaired) electrons. The lowest BCUT2D eigenvalue weighted by Gasteiger charge is -1.92. The molecule has 14 heavy (non-hydrogen) atoms. The molecule has 0 amide bonds. The zero-order valence-electron chi connectivity index (χ0n) is 7.05. The van der Waals surface area contributed by atoms with Crippen molar-refractivity contribution in [3.05, 3.63) is 28.7 Å². The minimum absolute atomic E-state index is 0.606. The molecule has 0 saturated heterocycles. The highest BCUT2D eigenvalue weighted by atomic mass is 79.9. The van der Waals surface area contributed by atoms with E-state index >= 15 is 0 Å². The number of azo groups is 1. The third-order valence-electron chi connectivity index (χ3n) is 1.34. The van der Waals surface area contributed by atoms with Gasteiger partial charge in [-0.05, 0) is 18.2 Å². The minimum Gasteiger partial charge on any atom is -0.195 e. The van der Waals surface area contributed by atoms with Crippen LogP contribution < -0.4 is 0 Å². The van der Waals surface area contributed by atoms with E-state index in [1.54, 1.807) is 30.3 Å². The molecule has 0 aliphatic heterocycles. The summed E-state index contributed by atoms with van der Waals surface area (Å²) in [6, 6.07) is 9.50. The van der Waals surface area contributed by atoms with Crippen molar-refractivity contribution < 1.29 is 0 Å². The Morgan fingerprint density at radius 2 is 2.00 bits per heavy atom. The summed E-state index contributed by atoms with van der Waals surface area (Å²) in [6.07, 6.45) is 0. The van der Waals surface area contributed by atoms with Crippen molar-refractivity contribution in [1.82, 2.24) is 0 Å². The molecular formula is C9H5BrN4. The van der Waals surface area contributed by atoms with Gasteiger partial charge in [0.2, 0.25) is 6.04 Å². The Bertz CT molecular complexity index is 413. The Labute approximate surface area is 89.6 Å². The highest BCUT2D eigenvalue weighted by Crippen LogP contribution is 2.18. The monoisotopic (exact) mass is 248 g/mol. The number of hydrogen-bond acceptors (Lipinski definition) is 4. The topological polar surface area (TPSA) is 72.3 Å². The molecule has 0 heterocycles. The maximum absolute atomic E-state index is 8.42. The van der Waals surface area contributed by atoms with Gasteiger partial charge in [0.1, 0.15) is 12.1 Å². The number of nitrogens with zero attached hydrogens (tertiary/aromatic N) is 4. The average Bonchev–Trinajstić information content (AvgIpc) is 2.19. The standard InChI is InChI=1S/C9H5BrN4/c10-7-2-1-3-8(4-7)13-14-9(5-11)6-12/h1-4,9H. The van der Waals surface area contributed by atoms with Crippen LogP contribution in [0.3, 0.4) is 0 Å². The summed E-state index contributed by atoms with van der Waals surface area (Å²) in [5.41, 5.74) is 0.606. The van der Waals surface area contributed by atoms with Crippen molar-refractivity contribution >= 4 is 21.6 Å². The number of halogens is 1. The van der Waals surface area contributed by atoms with Crippen LogP contribution in [0.5, 0.6) is 0 Å². The van der Waals surface area contributed by atoms with Crippen molar-refractivity contribution in [2.75, 3.05) is 0 Å². The second kappa shape index (κ2) is 5.11. The Kier molecular flexibility index (Phi) is 3.78. The maximum atomic E-state index is 8.42. The molecule has 0 N–H and O–H groups in total. The molecule has 0 atom stereocenters. The lowest BCUT2D eigenvalue weighted by atomic mass is 10.3. The fourth-order valence-corrected chi connectivity index (χ4v) is 1.13. The average molecular weight is 249 g/mol. The fourth-order valence-electron chi connectivity index (χ4n) is 0.743. The SMILES string of the molecule is N#CC(C#N)N=Nc1cccc(Br)c1. The van der Waals surface area contributed by atoms with Gasteiger partial charge in [-0.1, -0.05) is 22.0 Å². The molecule has 4 nitrogen and oxygen atoms in total. The van der Waals surface area contributed by atoms with E-state index in [0.717, 1.165) is 4.47 Å². The zero-order chi connectivity index (χ0) is 10.4. The summed E-state index contributed by atoms with van der Waals surface area (Å²) in [4.78, 5) is 0. The van der Waals surface area contributed by atoms with Crippen LogP contribution >= 0.6 is 15.9 Å². The van der Waals surface area contributed by atoms with Crippen molar-refractivity contribution in [3.63, 3.8) is 0 Å². The van der Waals surface area contributed by atoms with Gasteiger partial charge in [-0.15, -0.1) is 0 Å². The molecule has 0 bridgehead atoms. The zero-order valence-corrected chi connectivity index (χ0v) is 8.64. The number of nitriles is 2. The lowest BCUT2D eigenvalue weighted by Crippen LogP contribution is -1.92. The molecule has 1 rings (SSSR count). The fraction of sp³-hybridized carbons (Fsp3) is 0.111. The van der Waals surface area contributed by atoms with Crippen LogP contribution in [0.25, 0.3) is 0 Å². The number of hydrogen-bond donors (Lipinski definition) is 0. The second-order valence-corrected chi connectivity index (χ2v) is 3.27. The Morgan fingerprint density at radius 1 is 1.29 bits per heavy atom. The Morgan fingerprint density at radius 3 is 2.57 bits per heavy atom. The van der Waals surface area contributed by atoms with Crippen LogP contribution in [0.1, 0.15) is 0 Å². The summed E-state index contributed by atoms with van der Waals surface area (Å²) in [5.74, 6) is 0. The van der Waals surface area contributed by atoms with Gasteiger partial charge in [-0.3, -0.25) is 0 Å². The summed E-state index contributed by atoms with van der Waals surface area (Å²) < 4.78 is 0.874. The molecule has 0 spiro atoms. The first-order chi connectivity index (χ1) is 6.76. The number of rotatable bonds is 2. The van der Waals surface area contributed by atoms with E-state index < -0.39 is 6.04 Å². The van der Waals surface area contributed by atoms with Crippen LogP contribution in [0.15, 0.2) is 39.0 Å².